The fourth-order valence-electron chi connectivity index (χ4n) is 2.31. The topological polar surface area (TPSA) is 12.0 Å². The zero-order valence-corrected chi connectivity index (χ0v) is 12.8. The van der Waals surface area contributed by atoms with Crippen LogP contribution in [0.3, 0.4) is 0 Å². The molecule has 3 atom stereocenters. The average Bonchev–Trinajstić information content (AvgIpc) is 2.29. The summed E-state index contributed by atoms with van der Waals surface area (Å²) in [6.45, 7) is 10.5. The maximum atomic E-state index is 3.77. The summed E-state index contributed by atoms with van der Waals surface area (Å²) in [7, 11) is 0. The molecule has 1 fully saturated rings. The molecular weight excluding hydrogens is 234 g/mol. The van der Waals surface area contributed by atoms with Crippen molar-refractivity contribution in [1.29, 1.82) is 0 Å². The van der Waals surface area contributed by atoms with E-state index in [4.69, 9.17) is 0 Å². The van der Waals surface area contributed by atoms with Crippen molar-refractivity contribution >= 4 is 23.5 Å². The van der Waals surface area contributed by atoms with Gasteiger partial charge >= 0.3 is 0 Å². The lowest BCUT2D eigenvalue weighted by Gasteiger charge is -2.38. The minimum absolute atomic E-state index is 0.697. The molecule has 0 aromatic carbocycles. The van der Waals surface area contributed by atoms with Crippen LogP contribution in [-0.4, -0.2) is 34.6 Å². The minimum Gasteiger partial charge on any atom is -0.313 e. The Kier molecular flexibility index (Phi) is 7.25. The van der Waals surface area contributed by atoms with E-state index in [1.165, 1.54) is 30.9 Å². The Labute approximate surface area is 110 Å². The molecule has 0 aromatic rings. The number of hydrogen-bond acceptors (Lipinski definition) is 3. The van der Waals surface area contributed by atoms with E-state index in [1.807, 2.05) is 0 Å². The van der Waals surface area contributed by atoms with Crippen LogP contribution >= 0.6 is 23.5 Å². The molecule has 1 heterocycles. The Morgan fingerprint density at radius 2 is 1.88 bits per heavy atom. The summed E-state index contributed by atoms with van der Waals surface area (Å²) >= 11 is 4.39. The van der Waals surface area contributed by atoms with E-state index in [9.17, 15) is 0 Å². The SMILES string of the molecule is CCCNC(C(C)C)C1SCCSC1CC. The normalized spacial score (nSPS) is 28.3. The van der Waals surface area contributed by atoms with Crippen LogP contribution in [0, 0.1) is 5.92 Å². The van der Waals surface area contributed by atoms with Gasteiger partial charge in [-0.25, -0.2) is 0 Å². The third-order valence-corrected chi connectivity index (χ3v) is 6.57. The van der Waals surface area contributed by atoms with Crippen LogP contribution in [0.2, 0.25) is 0 Å². The van der Waals surface area contributed by atoms with Gasteiger partial charge in [0.25, 0.3) is 0 Å². The highest BCUT2D eigenvalue weighted by atomic mass is 32.2. The van der Waals surface area contributed by atoms with Crippen LogP contribution < -0.4 is 5.32 Å². The molecule has 0 bridgehead atoms. The first-order valence-corrected chi connectivity index (χ1v) is 8.77. The lowest BCUT2D eigenvalue weighted by atomic mass is 9.97. The maximum Gasteiger partial charge on any atom is 0.0322 e. The zero-order chi connectivity index (χ0) is 12.0. The standard InChI is InChI=1S/C13H27NS2/c1-5-7-14-12(10(3)4)13-11(6-2)15-8-9-16-13/h10-14H,5-9H2,1-4H3. The first-order chi connectivity index (χ1) is 7.70. The van der Waals surface area contributed by atoms with Crippen molar-refractivity contribution in [2.24, 2.45) is 5.92 Å². The van der Waals surface area contributed by atoms with Crippen molar-refractivity contribution in [2.45, 2.75) is 57.1 Å². The second-order valence-electron chi connectivity index (χ2n) is 4.88. The summed E-state index contributed by atoms with van der Waals surface area (Å²) in [5.74, 6) is 3.43. The Bertz CT molecular complexity index is 185. The zero-order valence-electron chi connectivity index (χ0n) is 11.2. The molecule has 16 heavy (non-hydrogen) atoms. The minimum atomic E-state index is 0.697. The van der Waals surface area contributed by atoms with Crippen LogP contribution in [0.5, 0.6) is 0 Å². The van der Waals surface area contributed by atoms with Crippen molar-refractivity contribution in [2.75, 3.05) is 18.1 Å². The van der Waals surface area contributed by atoms with Crippen molar-refractivity contribution in [3.63, 3.8) is 0 Å². The van der Waals surface area contributed by atoms with Gasteiger partial charge < -0.3 is 5.32 Å². The van der Waals surface area contributed by atoms with Gasteiger partial charge in [-0.3, -0.25) is 0 Å². The third kappa shape index (κ3) is 4.15. The van der Waals surface area contributed by atoms with E-state index in [2.05, 4.69) is 56.5 Å². The Morgan fingerprint density at radius 3 is 2.44 bits per heavy atom. The Hall–Kier alpha value is 0.660. The summed E-state index contributed by atoms with van der Waals surface area (Å²) in [5.41, 5.74) is 0. The molecule has 1 saturated heterocycles. The summed E-state index contributed by atoms with van der Waals surface area (Å²) < 4.78 is 0. The van der Waals surface area contributed by atoms with Gasteiger partial charge in [-0.1, -0.05) is 27.7 Å². The van der Waals surface area contributed by atoms with Crippen LogP contribution in [0.15, 0.2) is 0 Å². The highest BCUT2D eigenvalue weighted by Crippen LogP contribution is 2.36. The van der Waals surface area contributed by atoms with Gasteiger partial charge in [0.2, 0.25) is 0 Å². The number of rotatable bonds is 6. The predicted molar refractivity (Wildman–Crippen MR) is 79.7 cm³/mol. The van der Waals surface area contributed by atoms with Gasteiger partial charge in [-0.2, -0.15) is 23.5 Å². The van der Waals surface area contributed by atoms with Gasteiger partial charge in [0.15, 0.2) is 0 Å². The average molecular weight is 261 g/mol. The molecule has 96 valence electrons. The molecule has 3 heteroatoms. The molecule has 1 aliphatic rings. The van der Waals surface area contributed by atoms with Crippen LogP contribution in [0.4, 0.5) is 0 Å². The monoisotopic (exact) mass is 261 g/mol. The lowest BCUT2D eigenvalue weighted by Crippen LogP contribution is -2.48. The predicted octanol–water partition coefficient (Wildman–Crippen LogP) is 3.64. The van der Waals surface area contributed by atoms with Crippen LogP contribution in [0.25, 0.3) is 0 Å². The fourth-order valence-corrected chi connectivity index (χ4v) is 5.75. The van der Waals surface area contributed by atoms with Crippen LogP contribution in [0.1, 0.15) is 40.5 Å². The molecule has 3 unspecified atom stereocenters. The van der Waals surface area contributed by atoms with E-state index >= 15 is 0 Å². The molecule has 1 rings (SSSR count). The van der Waals surface area contributed by atoms with Crippen molar-refractivity contribution in [3.05, 3.63) is 0 Å². The van der Waals surface area contributed by atoms with Gasteiger partial charge in [-0.15, -0.1) is 0 Å². The number of thioether (sulfide) groups is 2. The summed E-state index contributed by atoms with van der Waals surface area (Å²) in [6, 6.07) is 0.697. The smallest absolute Gasteiger partial charge is 0.0322 e. The van der Waals surface area contributed by atoms with Gasteiger partial charge in [-0.05, 0) is 25.3 Å². The summed E-state index contributed by atoms with van der Waals surface area (Å²) in [5, 5.41) is 5.44. The largest absolute Gasteiger partial charge is 0.313 e. The van der Waals surface area contributed by atoms with Gasteiger partial charge in [0.05, 0.1) is 0 Å². The quantitative estimate of drug-likeness (QED) is 0.784. The number of hydrogen-bond donors (Lipinski definition) is 1. The second kappa shape index (κ2) is 7.88. The van der Waals surface area contributed by atoms with E-state index in [-0.39, 0.29) is 0 Å². The molecule has 0 amide bonds. The second-order valence-corrected chi connectivity index (χ2v) is 7.51. The van der Waals surface area contributed by atoms with E-state index in [1.54, 1.807) is 0 Å². The highest BCUT2D eigenvalue weighted by molar-refractivity contribution is 8.07. The highest BCUT2D eigenvalue weighted by Gasteiger charge is 2.33. The lowest BCUT2D eigenvalue weighted by molar-refractivity contribution is 0.381. The Morgan fingerprint density at radius 1 is 1.19 bits per heavy atom. The van der Waals surface area contributed by atoms with Crippen molar-refractivity contribution < 1.29 is 0 Å². The molecular formula is C13H27NS2. The fraction of sp³-hybridized carbons (Fsp3) is 1.00. The van der Waals surface area contributed by atoms with Gasteiger partial charge in [0, 0.05) is 28.0 Å². The first-order valence-electron chi connectivity index (χ1n) is 6.67. The van der Waals surface area contributed by atoms with Crippen LogP contribution in [-0.2, 0) is 0 Å². The maximum absolute atomic E-state index is 3.77. The molecule has 0 aliphatic carbocycles. The summed E-state index contributed by atoms with van der Waals surface area (Å²) in [6.07, 6.45) is 2.56. The molecule has 1 aliphatic heterocycles. The molecule has 0 radical (unpaired) electrons. The summed E-state index contributed by atoms with van der Waals surface area (Å²) in [4.78, 5) is 0. The third-order valence-electron chi connectivity index (χ3n) is 3.20. The molecule has 1 N–H and O–H groups in total. The molecule has 0 spiro atoms. The van der Waals surface area contributed by atoms with E-state index in [0.29, 0.717) is 6.04 Å². The molecule has 0 saturated carbocycles. The molecule has 0 aromatic heterocycles. The van der Waals surface area contributed by atoms with E-state index in [0.717, 1.165) is 16.4 Å². The van der Waals surface area contributed by atoms with Crippen molar-refractivity contribution in [1.82, 2.24) is 5.32 Å². The van der Waals surface area contributed by atoms with Gasteiger partial charge in [0.1, 0.15) is 0 Å². The first kappa shape index (κ1) is 14.7. The van der Waals surface area contributed by atoms with E-state index < -0.39 is 0 Å². The molecule has 1 nitrogen and oxygen atoms in total. The Balaban J connectivity index is 2.58. The van der Waals surface area contributed by atoms with Crippen molar-refractivity contribution in [3.8, 4) is 0 Å². The number of nitrogens with one attached hydrogen (secondary N) is 1.